The van der Waals surface area contributed by atoms with Crippen LogP contribution in [0, 0.1) is 0 Å². The second kappa shape index (κ2) is 10.4. The Labute approximate surface area is 209 Å². The third-order valence-corrected chi connectivity index (χ3v) is 6.27. The summed E-state index contributed by atoms with van der Waals surface area (Å²) in [5.74, 6) is 0. The Kier molecular flexibility index (Phi) is 6.69. The first-order chi connectivity index (χ1) is 16.8. The Bertz CT molecular complexity index is 1320. The van der Waals surface area contributed by atoms with E-state index in [4.69, 9.17) is 0 Å². The molecule has 0 saturated heterocycles. The lowest BCUT2D eigenvalue weighted by Gasteiger charge is -2.25. The second-order valence-electron chi connectivity index (χ2n) is 8.06. The average molecular weight is 502 g/mol. The van der Waals surface area contributed by atoms with Crippen LogP contribution in [0.3, 0.4) is 0 Å². The predicted octanol–water partition coefficient (Wildman–Crippen LogP) is 9.76. The van der Waals surface area contributed by atoms with Gasteiger partial charge in [0.1, 0.15) is 0 Å². The summed E-state index contributed by atoms with van der Waals surface area (Å²) in [6.45, 7) is 0. The van der Waals surface area contributed by atoms with Gasteiger partial charge in [-0.15, -0.1) is 0 Å². The lowest BCUT2D eigenvalue weighted by Crippen LogP contribution is -2.09. The summed E-state index contributed by atoms with van der Waals surface area (Å²) in [6, 6.07) is 46.7. The lowest BCUT2D eigenvalue weighted by molar-refractivity contribution is 1.28. The Morgan fingerprint density at radius 2 is 0.794 bits per heavy atom. The van der Waals surface area contributed by atoms with E-state index < -0.39 is 0 Å². The number of hydrogen-bond donors (Lipinski definition) is 0. The maximum absolute atomic E-state index is 3.50. The van der Waals surface area contributed by atoms with Crippen LogP contribution in [0.15, 0.2) is 138 Å². The molecular weight excluding hydrogens is 478 g/mol. The molecule has 164 valence electrons. The Hall–Kier alpha value is -3.88. The van der Waals surface area contributed by atoms with E-state index in [0.29, 0.717) is 0 Å². The van der Waals surface area contributed by atoms with Crippen molar-refractivity contribution in [2.45, 2.75) is 0 Å². The van der Waals surface area contributed by atoms with Crippen molar-refractivity contribution < 1.29 is 0 Å². The molecule has 0 atom stereocenters. The molecule has 0 spiro atoms. The summed E-state index contributed by atoms with van der Waals surface area (Å²) in [5.41, 5.74) is 8.20. The zero-order chi connectivity index (χ0) is 23.2. The van der Waals surface area contributed by atoms with Gasteiger partial charge in [0.15, 0.2) is 0 Å². The van der Waals surface area contributed by atoms with Gasteiger partial charge in [0, 0.05) is 21.5 Å². The third-order valence-electron chi connectivity index (χ3n) is 5.74. The van der Waals surface area contributed by atoms with Crippen molar-refractivity contribution in [2.75, 3.05) is 4.90 Å². The van der Waals surface area contributed by atoms with Crippen molar-refractivity contribution in [1.29, 1.82) is 0 Å². The quantitative estimate of drug-likeness (QED) is 0.209. The molecule has 0 amide bonds. The van der Waals surface area contributed by atoms with Gasteiger partial charge in [0.25, 0.3) is 0 Å². The van der Waals surface area contributed by atoms with E-state index in [1.54, 1.807) is 0 Å². The molecule has 0 unspecified atom stereocenters. The highest BCUT2D eigenvalue weighted by molar-refractivity contribution is 9.10. The monoisotopic (exact) mass is 501 g/mol. The van der Waals surface area contributed by atoms with Crippen molar-refractivity contribution in [3.8, 4) is 11.1 Å². The van der Waals surface area contributed by atoms with Crippen LogP contribution in [0.5, 0.6) is 0 Å². The molecule has 0 aromatic heterocycles. The molecule has 0 aliphatic carbocycles. The number of halogens is 1. The smallest absolute Gasteiger partial charge is 0.0462 e. The highest BCUT2D eigenvalue weighted by atomic mass is 79.9. The molecule has 1 nitrogen and oxygen atoms in total. The van der Waals surface area contributed by atoms with Crippen LogP contribution >= 0.6 is 15.9 Å². The number of rotatable bonds is 6. The highest BCUT2D eigenvalue weighted by Crippen LogP contribution is 2.34. The zero-order valence-electron chi connectivity index (χ0n) is 18.7. The van der Waals surface area contributed by atoms with E-state index in [9.17, 15) is 0 Å². The van der Waals surface area contributed by atoms with Gasteiger partial charge in [-0.3, -0.25) is 0 Å². The van der Waals surface area contributed by atoms with Crippen molar-refractivity contribution in [3.63, 3.8) is 0 Å². The van der Waals surface area contributed by atoms with Gasteiger partial charge in [0.05, 0.1) is 0 Å². The van der Waals surface area contributed by atoms with Crippen molar-refractivity contribution in [2.24, 2.45) is 0 Å². The maximum Gasteiger partial charge on any atom is 0.0462 e. The fraction of sp³-hybridized carbons (Fsp3) is 0. The number of nitrogens with zero attached hydrogens (tertiary/aromatic N) is 1. The molecule has 0 aliphatic heterocycles. The first kappa shape index (κ1) is 21.9. The lowest BCUT2D eigenvalue weighted by atomic mass is 10.0. The van der Waals surface area contributed by atoms with Gasteiger partial charge in [-0.2, -0.15) is 0 Å². The fourth-order valence-corrected chi connectivity index (χ4v) is 4.22. The van der Waals surface area contributed by atoms with Crippen LogP contribution in [0.25, 0.3) is 23.3 Å². The molecule has 5 aromatic rings. The van der Waals surface area contributed by atoms with Crippen LogP contribution in [0.1, 0.15) is 11.1 Å². The van der Waals surface area contributed by atoms with E-state index in [0.717, 1.165) is 21.5 Å². The van der Waals surface area contributed by atoms with E-state index in [1.807, 2.05) is 12.1 Å². The minimum Gasteiger partial charge on any atom is -0.311 e. The highest BCUT2D eigenvalue weighted by Gasteiger charge is 2.11. The topological polar surface area (TPSA) is 3.24 Å². The van der Waals surface area contributed by atoms with Crippen LogP contribution in [0.4, 0.5) is 17.1 Å². The van der Waals surface area contributed by atoms with E-state index >= 15 is 0 Å². The van der Waals surface area contributed by atoms with E-state index in [1.165, 1.54) is 22.3 Å². The van der Waals surface area contributed by atoms with Crippen molar-refractivity contribution in [1.82, 2.24) is 0 Å². The summed E-state index contributed by atoms with van der Waals surface area (Å²) in [5, 5.41) is 0. The number of anilines is 3. The molecule has 5 rings (SSSR count). The van der Waals surface area contributed by atoms with Gasteiger partial charge in [-0.05, 0) is 70.8 Å². The molecule has 0 saturated carbocycles. The summed E-state index contributed by atoms with van der Waals surface area (Å²) < 4.78 is 1.09. The largest absolute Gasteiger partial charge is 0.311 e. The first-order valence-corrected chi connectivity index (χ1v) is 12.1. The number of hydrogen-bond acceptors (Lipinski definition) is 1. The van der Waals surface area contributed by atoms with Crippen LogP contribution in [0.2, 0.25) is 0 Å². The predicted molar refractivity (Wildman–Crippen MR) is 150 cm³/mol. The number of para-hydroxylation sites is 2. The zero-order valence-corrected chi connectivity index (χ0v) is 20.3. The van der Waals surface area contributed by atoms with Gasteiger partial charge in [-0.25, -0.2) is 0 Å². The standard InChI is InChI=1S/C32H24BrN/c33-29-21-19-28(20-22-29)27-17-13-25(14-18-27)11-12-26-15-23-32(24-16-26)34(30-7-3-1-4-8-30)31-9-5-2-6-10-31/h1-24H/b12-11+. The molecular formula is C32H24BrN. The summed E-state index contributed by atoms with van der Waals surface area (Å²) in [7, 11) is 0. The molecule has 0 bridgehead atoms. The minimum absolute atomic E-state index is 1.09. The van der Waals surface area contributed by atoms with Crippen molar-refractivity contribution >= 4 is 45.1 Å². The van der Waals surface area contributed by atoms with Gasteiger partial charge in [-0.1, -0.05) is 113 Å². The molecule has 0 heterocycles. The summed E-state index contributed by atoms with van der Waals surface area (Å²) >= 11 is 3.50. The van der Waals surface area contributed by atoms with E-state index in [2.05, 4.69) is 154 Å². The minimum atomic E-state index is 1.09. The maximum atomic E-state index is 3.50. The average Bonchev–Trinajstić information content (AvgIpc) is 2.90. The Balaban J connectivity index is 1.35. The number of benzene rings is 5. The Morgan fingerprint density at radius 1 is 0.412 bits per heavy atom. The van der Waals surface area contributed by atoms with Crippen LogP contribution in [-0.4, -0.2) is 0 Å². The molecule has 2 heteroatoms. The van der Waals surface area contributed by atoms with Crippen LogP contribution in [-0.2, 0) is 0 Å². The van der Waals surface area contributed by atoms with Gasteiger partial charge >= 0.3 is 0 Å². The molecule has 0 radical (unpaired) electrons. The SMILES string of the molecule is Brc1ccc(-c2ccc(/C=C/c3ccc(N(c4ccccc4)c4ccccc4)cc3)cc2)cc1. The van der Waals surface area contributed by atoms with E-state index in [-0.39, 0.29) is 0 Å². The molecule has 34 heavy (non-hydrogen) atoms. The molecule has 0 aliphatic rings. The molecule has 0 fully saturated rings. The molecule has 0 N–H and O–H groups in total. The summed E-state index contributed by atoms with van der Waals surface area (Å²) in [6.07, 6.45) is 4.32. The second-order valence-corrected chi connectivity index (χ2v) is 8.98. The van der Waals surface area contributed by atoms with Gasteiger partial charge < -0.3 is 4.90 Å². The Morgan fingerprint density at radius 3 is 1.26 bits per heavy atom. The first-order valence-electron chi connectivity index (χ1n) is 11.3. The van der Waals surface area contributed by atoms with Crippen LogP contribution < -0.4 is 4.90 Å². The van der Waals surface area contributed by atoms with Gasteiger partial charge in [0.2, 0.25) is 0 Å². The normalized spacial score (nSPS) is 11.0. The summed E-state index contributed by atoms with van der Waals surface area (Å²) in [4.78, 5) is 2.27. The molecule has 5 aromatic carbocycles. The third kappa shape index (κ3) is 5.19. The fourth-order valence-electron chi connectivity index (χ4n) is 3.96. The van der Waals surface area contributed by atoms with Crippen molar-refractivity contribution in [3.05, 3.63) is 149 Å².